The van der Waals surface area contributed by atoms with E-state index >= 15 is 0 Å². The van der Waals surface area contributed by atoms with Crippen LogP contribution in [0.4, 0.5) is 0 Å². The van der Waals surface area contributed by atoms with Crippen LogP contribution in [0.2, 0.25) is 0 Å². The maximum absolute atomic E-state index is 5.83. The van der Waals surface area contributed by atoms with Gasteiger partial charge in [-0.1, -0.05) is 0 Å². The number of rotatable bonds is 2. The van der Waals surface area contributed by atoms with Gasteiger partial charge in [-0.2, -0.15) is 0 Å². The molecule has 0 N–H and O–H groups in total. The number of furan rings is 1. The van der Waals surface area contributed by atoms with Crippen molar-refractivity contribution in [3.63, 3.8) is 0 Å². The third-order valence-electron chi connectivity index (χ3n) is 4.37. The Morgan fingerprint density at radius 3 is 2.95 bits per heavy atom. The molecule has 0 aromatic carbocycles. The van der Waals surface area contributed by atoms with Crippen LogP contribution >= 0.6 is 0 Å². The predicted molar refractivity (Wildman–Crippen MR) is 85.7 cm³/mol. The van der Waals surface area contributed by atoms with E-state index in [0.717, 1.165) is 48.0 Å². The van der Waals surface area contributed by atoms with Gasteiger partial charge in [0.15, 0.2) is 17.2 Å². The monoisotopic (exact) mass is 296 g/mol. The Morgan fingerprint density at radius 2 is 2.18 bits per heavy atom. The topological polar surface area (TPSA) is 47.1 Å². The molecule has 0 saturated carbocycles. The van der Waals surface area contributed by atoms with E-state index in [9.17, 15) is 0 Å². The number of imidazole rings is 1. The number of pyridine rings is 1. The van der Waals surface area contributed by atoms with E-state index in [4.69, 9.17) is 9.40 Å². The average Bonchev–Trinajstić information content (AvgIpc) is 3.10. The minimum Gasteiger partial charge on any atom is -0.458 e. The van der Waals surface area contributed by atoms with Crippen molar-refractivity contribution in [1.29, 1.82) is 0 Å². The van der Waals surface area contributed by atoms with Crippen LogP contribution in [-0.2, 0) is 0 Å². The first-order valence-electron chi connectivity index (χ1n) is 7.80. The quantitative estimate of drug-likeness (QED) is 0.728. The largest absolute Gasteiger partial charge is 0.458 e. The summed E-state index contributed by atoms with van der Waals surface area (Å²) >= 11 is 0. The van der Waals surface area contributed by atoms with E-state index in [1.807, 2.05) is 37.4 Å². The molecule has 1 fully saturated rings. The number of aryl methyl sites for hydroxylation is 1. The Balaban J connectivity index is 1.90. The lowest BCUT2D eigenvalue weighted by molar-refractivity contribution is 0.215. The van der Waals surface area contributed by atoms with E-state index in [0.29, 0.717) is 6.04 Å². The number of likely N-dealkylation sites (N-methyl/N-ethyl adjacent to an activating group) is 1. The van der Waals surface area contributed by atoms with Crippen molar-refractivity contribution in [2.75, 3.05) is 20.1 Å². The van der Waals surface area contributed by atoms with Gasteiger partial charge in [0.05, 0.1) is 6.04 Å². The van der Waals surface area contributed by atoms with Crippen molar-refractivity contribution in [1.82, 2.24) is 19.4 Å². The Bertz CT molecular complexity index is 804. The van der Waals surface area contributed by atoms with Crippen molar-refractivity contribution >= 4 is 11.2 Å². The lowest BCUT2D eigenvalue weighted by Gasteiger charge is -2.31. The van der Waals surface area contributed by atoms with Crippen molar-refractivity contribution in [2.24, 2.45) is 0 Å². The van der Waals surface area contributed by atoms with Crippen LogP contribution in [0.15, 0.2) is 34.9 Å². The molecule has 3 aromatic rings. The van der Waals surface area contributed by atoms with Crippen LogP contribution in [0.3, 0.4) is 0 Å². The predicted octanol–water partition coefficient (Wildman–Crippen LogP) is 3.27. The highest BCUT2D eigenvalue weighted by molar-refractivity contribution is 5.76. The zero-order valence-corrected chi connectivity index (χ0v) is 13.0. The Hall–Kier alpha value is -2.14. The van der Waals surface area contributed by atoms with Gasteiger partial charge in [-0.25, -0.2) is 9.97 Å². The fraction of sp³-hybridized carbons (Fsp3) is 0.412. The van der Waals surface area contributed by atoms with Gasteiger partial charge in [-0.05, 0) is 57.6 Å². The zero-order chi connectivity index (χ0) is 15.1. The number of piperidine rings is 1. The lowest BCUT2D eigenvalue weighted by Crippen LogP contribution is -2.33. The molecule has 0 radical (unpaired) electrons. The molecule has 22 heavy (non-hydrogen) atoms. The molecule has 0 amide bonds. The fourth-order valence-corrected chi connectivity index (χ4v) is 3.35. The number of fused-ring (bicyclic) bond motifs is 1. The van der Waals surface area contributed by atoms with Crippen molar-refractivity contribution in [2.45, 2.75) is 25.8 Å². The highest BCUT2D eigenvalue weighted by atomic mass is 16.3. The van der Waals surface area contributed by atoms with Crippen LogP contribution in [0.1, 0.15) is 24.6 Å². The Kier molecular flexibility index (Phi) is 3.22. The third kappa shape index (κ3) is 2.22. The summed E-state index contributed by atoms with van der Waals surface area (Å²) in [5, 5.41) is 0. The number of nitrogens with zero attached hydrogens (tertiary/aromatic N) is 4. The first-order valence-corrected chi connectivity index (χ1v) is 7.80. The van der Waals surface area contributed by atoms with Gasteiger partial charge in [0.2, 0.25) is 0 Å². The molecule has 1 unspecified atom stereocenters. The van der Waals surface area contributed by atoms with Gasteiger partial charge in [-0.15, -0.1) is 0 Å². The van der Waals surface area contributed by atoms with E-state index in [2.05, 4.69) is 21.5 Å². The molecule has 1 aliphatic heterocycles. The van der Waals surface area contributed by atoms with Gasteiger partial charge >= 0.3 is 0 Å². The molecule has 0 bridgehead atoms. The van der Waals surface area contributed by atoms with Crippen molar-refractivity contribution in [3.8, 4) is 11.6 Å². The standard InChI is InChI=1S/C17H20N4O/c1-12-7-8-15(22-12)17-19-14-6-3-9-18-16(14)21(17)13-5-4-10-20(2)11-13/h3,6-9,13H,4-5,10-11H2,1-2H3. The summed E-state index contributed by atoms with van der Waals surface area (Å²) in [6, 6.07) is 8.33. The van der Waals surface area contributed by atoms with E-state index < -0.39 is 0 Å². The number of likely N-dealkylation sites (tertiary alicyclic amines) is 1. The maximum atomic E-state index is 5.83. The SMILES string of the molecule is Cc1ccc(-c2nc3cccnc3n2C2CCCN(C)C2)o1. The van der Waals surface area contributed by atoms with Crippen LogP contribution in [0.5, 0.6) is 0 Å². The fourth-order valence-electron chi connectivity index (χ4n) is 3.35. The van der Waals surface area contributed by atoms with Crippen LogP contribution in [0, 0.1) is 6.92 Å². The molecule has 5 heteroatoms. The van der Waals surface area contributed by atoms with Gasteiger partial charge in [0.25, 0.3) is 0 Å². The molecule has 1 saturated heterocycles. The number of aromatic nitrogens is 3. The highest BCUT2D eigenvalue weighted by Crippen LogP contribution is 2.32. The zero-order valence-electron chi connectivity index (χ0n) is 13.0. The van der Waals surface area contributed by atoms with E-state index in [1.54, 1.807) is 0 Å². The van der Waals surface area contributed by atoms with Gasteiger partial charge in [0.1, 0.15) is 11.3 Å². The molecule has 1 atom stereocenters. The van der Waals surface area contributed by atoms with Crippen LogP contribution in [0.25, 0.3) is 22.7 Å². The van der Waals surface area contributed by atoms with Crippen LogP contribution in [-0.4, -0.2) is 39.6 Å². The summed E-state index contributed by atoms with van der Waals surface area (Å²) in [6.07, 6.45) is 4.19. The molecular weight excluding hydrogens is 276 g/mol. The smallest absolute Gasteiger partial charge is 0.178 e. The lowest BCUT2D eigenvalue weighted by atomic mass is 10.1. The Morgan fingerprint density at radius 1 is 1.27 bits per heavy atom. The first kappa shape index (κ1) is 13.5. The van der Waals surface area contributed by atoms with Gasteiger partial charge in [0, 0.05) is 12.7 Å². The van der Waals surface area contributed by atoms with Crippen molar-refractivity contribution in [3.05, 3.63) is 36.2 Å². The molecule has 5 nitrogen and oxygen atoms in total. The van der Waals surface area contributed by atoms with Crippen LogP contribution < -0.4 is 0 Å². The summed E-state index contributed by atoms with van der Waals surface area (Å²) in [5.41, 5.74) is 1.88. The van der Waals surface area contributed by atoms with Crippen molar-refractivity contribution < 1.29 is 4.42 Å². The second-order valence-electron chi connectivity index (χ2n) is 6.12. The maximum Gasteiger partial charge on any atom is 0.178 e. The third-order valence-corrected chi connectivity index (χ3v) is 4.37. The van der Waals surface area contributed by atoms with E-state index in [-0.39, 0.29) is 0 Å². The minimum atomic E-state index is 0.388. The second-order valence-corrected chi connectivity index (χ2v) is 6.12. The number of hydrogen-bond donors (Lipinski definition) is 0. The van der Waals surface area contributed by atoms with Gasteiger partial charge < -0.3 is 13.9 Å². The summed E-state index contributed by atoms with van der Waals surface area (Å²) in [7, 11) is 2.18. The minimum absolute atomic E-state index is 0.388. The normalized spacial score (nSPS) is 19.8. The average molecular weight is 296 g/mol. The Labute approximate surface area is 129 Å². The van der Waals surface area contributed by atoms with E-state index in [1.165, 1.54) is 6.42 Å². The summed E-state index contributed by atoms with van der Waals surface area (Å²) < 4.78 is 8.10. The summed E-state index contributed by atoms with van der Waals surface area (Å²) in [5.74, 6) is 2.62. The molecular formula is C17H20N4O. The highest BCUT2D eigenvalue weighted by Gasteiger charge is 2.25. The molecule has 114 valence electrons. The molecule has 3 aromatic heterocycles. The molecule has 4 heterocycles. The molecule has 0 aliphatic carbocycles. The molecule has 4 rings (SSSR count). The molecule has 0 spiro atoms. The van der Waals surface area contributed by atoms with Gasteiger partial charge in [-0.3, -0.25) is 0 Å². The second kappa shape index (κ2) is 5.25. The first-order chi connectivity index (χ1) is 10.7. The summed E-state index contributed by atoms with van der Waals surface area (Å²) in [6.45, 7) is 4.14. The molecule has 1 aliphatic rings. The number of hydrogen-bond acceptors (Lipinski definition) is 4. The summed E-state index contributed by atoms with van der Waals surface area (Å²) in [4.78, 5) is 11.7.